The number of esters is 3. The molecular formula is C42H56F2O9. The number of allylic oxidation sites excluding steroid dienone is 2. The van der Waals surface area contributed by atoms with Crippen molar-refractivity contribution in [3.05, 3.63) is 82.4 Å². The van der Waals surface area contributed by atoms with Gasteiger partial charge in [0.1, 0.15) is 11.6 Å². The third kappa shape index (κ3) is 18.0. The van der Waals surface area contributed by atoms with Crippen LogP contribution in [0.15, 0.2) is 59.7 Å². The van der Waals surface area contributed by atoms with Crippen LogP contribution in [-0.2, 0) is 43.0 Å². The van der Waals surface area contributed by atoms with E-state index in [2.05, 4.69) is 9.47 Å². The molecule has 0 radical (unpaired) electrons. The molecule has 0 amide bonds. The zero-order chi connectivity index (χ0) is 37.6. The maximum absolute atomic E-state index is 13.0. The third-order valence-electron chi connectivity index (χ3n) is 7.96. The number of hydrogen-bond acceptors (Lipinski definition) is 9. The Bertz CT molecular complexity index is 1510. The highest BCUT2D eigenvalue weighted by Crippen LogP contribution is 2.26. The molecule has 2 fully saturated rings. The second-order valence-electron chi connectivity index (χ2n) is 11.8. The van der Waals surface area contributed by atoms with Crippen molar-refractivity contribution in [2.45, 2.75) is 106 Å². The number of ketones is 3. The lowest BCUT2D eigenvalue weighted by molar-refractivity contribution is -0.167. The smallest absolute Gasteiger partial charge is 0.417 e. The number of rotatable bonds is 7. The van der Waals surface area contributed by atoms with Crippen LogP contribution >= 0.6 is 0 Å². The molecule has 0 heterocycles. The molecule has 11 heteroatoms. The van der Waals surface area contributed by atoms with Gasteiger partial charge in [0.05, 0.1) is 25.7 Å². The van der Waals surface area contributed by atoms with Crippen LogP contribution in [0, 0.1) is 17.6 Å². The van der Waals surface area contributed by atoms with E-state index in [4.69, 9.17) is 4.74 Å². The average molecular weight is 743 g/mol. The Kier molecular flexibility index (Phi) is 24.5. The number of hydrogen-bond donors (Lipinski definition) is 0. The van der Waals surface area contributed by atoms with E-state index >= 15 is 0 Å². The molecule has 2 aromatic rings. The fourth-order valence-electron chi connectivity index (χ4n) is 5.36. The second kappa shape index (κ2) is 26.9. The summed E-state index contributed by atoms with van der Waals surface area (Å²) in [7, 11) is 0. The van der Waals surface area contributed by atoms with Crippen molar-refractivity contribution in [3.63, 3.8) is 0 Å². The predicted octanol–water partition coefficient (Wildman–Crippen LogP) is 9.01. The monoisotopic (exact) mass is 742 g/mol. The number of halogens is 2. The van der Waals surface area contributed by atoms with Gasteiger partial charge < -0.3 is 14.2 Å². The highest BCUT2D eigenvalue weighted by molar-refractivity contribution is 6.39. The van der Waals surface area contributed by atoms with Crippen molar-refractivity contribution in [1.82, 2.24) is 0 Å². The van der Waals surface area contributed by atoms with Gasteiger partial charge in [-0.1, -0.05) is 64.8 Å². The van der Waals surface area contributed by atoms with Crippen molar-refractivity contribution in [3.8, 4) is 0 Å². The quantitative estimate of drug-likeness (QED) is 0.0897. The maximum atomic E-state index is 13.0. The van der Waals surface area contributed by atoms with E-state index in [1.54, 1.807) is 51.1 Å². The first-order valence-corrected chi connectivity index (χ1v) is 17.5. The van der Waals surface area contributed by atoms with Crippen LogP contribution in [0.3, 0.4) is 0 Å². The zero-order valence-corrected chi connectivity index (χ0v) is 29.7. The SMILES string of the molecule is C.C.CCOC(=O)C(=O)C1CCCCC/C(=C\c2ccc(F)cc2)C1=O.CCOC(=O)C(=O)OCC.O=C1CCCCCC/C1=C\c1ccc(F)cc1. The van der Waals surface area contributed by atoms with Crippen LogP contribution in [0.2, 0.25) is 0 Å². The number of benzene rings is 2. The minimum atomic E-state index is -0.976. The van der Waals surface area contributed by atoms with Gasteiger partial charge in [0.2, 0.25) is 0 Å². The molecule has 1 atom stereocenters. The molecule has 0 aliphatic heterocycles. The summed E-state index contributed by atoms with van der Waals surface area (Å²) >= 11 is 0. The molecule has 2 aliphatic carbocycles. The summed E-state index contributed by atoms with van der Waals surface area (Å²) in [5.41, 5.74) is 3.01. The summed E-state index contributed by atoms with van der Waals surface area (Å²) in [6, 6.07) is 12.1. The first kappa shape index (κ1) is 48.2. The minimum absolute atomic E-state index is 0. The van der Waals surface area contributed by atoms with Crippen molar-refractivity contribution in [2.75, 3.05) is 19.8 Å². The van der Waals surface area contributed by atoms with E-state index < -0.39 is 29.6 Å². The van der Waals surface area contributed by atoms with Gasteiger partial charge in [-0.25, -0.2) is 23.2 Å². The lowest BCUT2D eigenvalue weighted by Crippen LogP contribution is -2.33. The van der Waals surface area contributed by atoms with E-state index in [1.165, 1.54) is 30.7 Å². The maximum Gasteiger partial charge on any atom is 0.417 e. The van der Waals surface area contributed by atoms with Gasteiger partial charge in [-0.2, -0.15) is 0 Å². The molecule has 53 heavy (non-hydrogen) atoms. The van der Waals surface area contributed by atoms with E-state index in [0.717, 1.165) is 56.1 Å². The molecule has 0 spiro atoms. The molecule has 0 aromatic heterocycles. The number of ether oxygens (including phenoxy) is 3. The Hall–Kier alpha value is -4.80. The highest BCUT2D eigenvalue weighted by atomic mass is 19.1. The molecule has 0 N–H and O–H groups in total. The van der Waals surface area contributed by atoms with Gasteiger partial charge in [-0.3, -0.25) is 14.4 Å². The fourth-order valence-corrected chi connectivity index (χ4v) is 5.36. The topological polar surface area (TPSA) is 130 Å². The van der Waals surface area contributed by atoms with Crippen LogP contribution in [-0.4, -0.2) is 55.1 Å². The first-order chi connectivity index (χ1) is 24.5. The molecule has 2 aliphatic rings. The van der Waals surface area contributed by atoms with Gasteiger partial charge >= 0.3 is 17.9 Å². The van der Waals surface area contributed by atoms with E-state index in [9.17, 15) is 37.5 Å². The zero-order valence-electron chi connectivity index (χ0n) is 29.7. The van der Waals surface area contributed by atoms with E-state index in [-0.39, 0.29) is 57.9 Å². The Morgan fingerprint density at radius 1 is 0.585 bits per heavy atom. The van der Waals surface area contributed by atoms with Crippen LogP contribution in [0.5, 0.6) is 0 Å². The third-order valence-corrected chi connectivity index (χ3v) is 7.96. The molecule has 9 nitrogen and oxygen atoms in total. The molecule has 0 bridgehead atoms. The van der Waals surface area contributed by atoms with Crippen molar-refractivity contribution < 1.29 is 51.8 Å². The van der Waals surface area contributed by atoms with Crippen molar-refractivity contribution in [1.29, 1.82) is 0 Å². The molecule has 1 unspecified atom stereocenters. The molecule has 292 valence electrons. The Labute approximate surface area is 313 Å². The summed E-state index contributed by atoms with van der Waals surface area (Å²) in [5, 5.41) is 0. The molecule has 4 rings (SSSR count). The fraction of sp³-hybridized carbons (Fsp3) is 0.476. The molecular weight excluding hydrogens is 686 g/mol. The minimum Gasteiger partial charge on any atom is -0.460 e. The first-order valence-electron chi connectivity index (χ1n) is 17.5. The molecule has 2 saturated carbocycles. The van der Waals surface area contributed by atoms with Gasteiger partial charge in [-0.15, -0.1) is 0 Å². The Morgan fingerprint density at radius 2 is 0.981 bits per heavy atom. The molecule has 0 saturated heterocycles. The van der Waals surface area contributed by atoms with Crippen LogP contribution in [0.25, 0.3) is 12.2 Å². The summed E-state index contributed by atoms with van der Waals surface area (Å²) in [5.74, 6) is -5.20. The summed E-state index contributed by atoms with van der Waals surface area (Å²) in [6.45, 7) is 5.35. The van der Waals surface area contributed by atoms with Gasteiger partial charge in [-0.05, 0) is 118 Å². The number of carbonyl (C=O) groups is 6. The summed E-state index contributed by atoms with van der Waals surface area (Å²) in [6.07, 6.45) is 12.9. The lowest BCUT2D eigenvalue weighted by Gasteiger charge is -2.19. The van der Waals surface area contributed by atoms with Gasteiger partial charge in [0, 0.05) is 6.42 Å². The van der Waals surface area contributed by atoms with Crippen LogP contribution in [0.1, 0.15) is 117 Å². The second-order valence-corrected chi connectivity index (χ2v) is 11.8. The Morgan fingerprint density at radius 3 is 1.45 bits per heavy atom. The normalized spacial score (nSPS) is 17.3. The van der Waals surface area contributed by atoms with Gasteiger partial charge in [0.25, 0.3) is 5.78 Å². The highest BCUT2D eigenvalue weighted by Gasteiger charge is 2.34. The standard InChI is InChI=1S/C19H21FO4.C15H17FO.C6H10O4.2CH4/c1-2-24-19(23)18(22)16-7-5-3-4-6-14(17(16)21)12-13-8-10-15(20)11-9-13;16-14-9-7-12(8-10-14)11-13-5-3-1-2-4-6-15(13)17;1-3-9-5(7)6(8)10-4-2;;/h8-12,16H,2-7H2,1H3;7-11H,1-6H2;3-4H2,1-2H3;2*1H4/b14-12+;13-11+;;;. The summed E-state index contributed by atoms with van der Waals surface area (Å²) in [4.78, 5) is 69.5. The van der Waals surface area contributed by atoms with E-state index in [0.29, 0.717) is 30.4 Å². The van der Waals surface area contributed by atoms with Crippen LogP contribution < -0.4 is 0 Å². The van der Waals surface area contributed by atoms with Crippen molar-refractivity contribution >= 4 is 47.4 Å². The average Bonchev–Trinajstić information content (AvgIpc) is 3.10. The van der Waals surface area contributed by atoms with Crippen molar-refractivity contribution in [2.24, 2.45) is 5.92 Å². The lowest BCUT2D eigenvalue weighted by atomic mass is 9.83. The van der Waals surface area contributed by atoms with E-state index in [1.807, 2.05) is 6.08 Å². The predicted molar refractivity (Wildman–Crippen MR) is 201 cm³/mol. The van der Waals surface area contributed by atoms with Crippen LogP contribution in [0.4, 0.5) is 8.78 Å². The molecule has 2 aromatic carbocycles. The Balaban J connectivity index is 0.000000817. The summed E-state index contributed by atoms with van der Waals surface area (Å²) < 4.78 is 39.2. The number of Topliss-reactive ketones (excluding diaryl/α,β-unsaturated/α-hetero) is 3. The number of carbonyl (C=O) groups excluding carboxylic acids is 6. The largest absolute Gasteiger partial charge is 0.460 e. The van der Waals surface area contributed by atoms with Gasteiger partial charge in [0.15, 0.2) is 11.6 Å².